The molecule has 0 unspecified atom stereocenters. The lowest BCUT2D eigenvalue weighted by Gasteiger charge is -2.16. The number of esters is 1. The lowest BCUT2D eigenvalue weighted by atomic mass is 9.90. The number of aryl methyl sites for hydroxylation is 1. The van der Waals surface area contributed by atoms with Gasteiger partial charge in [0, 0.05) is 33.6 Å². The van der Waals surface area contributed by atoms with Crippen LogP contribution < -0.4 is 10.9 Å². The monoisotopic (exact) mass is 441 g/mol. The molecule has 0 radical (unpaired) electrons. The quantitative estimate of drug-likeness (QED) is 0.447. The van der Waals surface area contributed by atoms with Crippen molar-refractivity contribution in [1.29, 1.82) is 0 Å². The predicted octanol–water partition coefficient (Wildman–Crippen LogP) is 4.90. The molecule has 31 heavy (non-hydrogen) atoms. The highest BCUT2D eigenvalue weighted by atomic mass is 32.1. The molecular formula is C23H23NO6S. The lowest BCUT2D eigenvalue weighted by Crippen LogP contribution is -2.13. The number of carbonyl (C=O) groups excluding carboxylic acids is 2. The molecule has 0 spiro atoms. The number of amides is 1. The molecule has 0 saturated carbocycles. The molecule has 3 aromatic rings. The van der Waals surface area contributed by atoms with E-state index in [2.05, 4.69) is 12.2 Å². The van der Waals surface area contributed by atoms with Crippen molar-refractivity contribution in [2.24, 2.45) is 5.92 Å². The van der Waals surface area contributed by atoms with Crippen molar-refractivity contribution >= 4 is 40.1 Å². The van der Waals surface area contributed by atoms with Gasteiger partial charge in [0.25, 0.3) is 0 Å². The fourth-order valence-electron chi connectivity index (χ4n) is 3.73. The van der Waals surface area contributed by atoms with Crippen LogP contribution in [0.4, 0.5) is 10.5 Å². The van der Waals surface area contributed by atoms with Crippen LogP contribution in [-0.2, 0) is 28.9 Å². The minimum absolute atomic E-state index is 0.0510. The van der Waals surface area contributed by atoms with Crippen LogP contribution in [0.2, 0.25) is 0 Å². The Morgan fingerprint density at radius 1 is 1.23 bits per heavy atom. The molecule has 1 amide bonds. The Balaban J connectivity index is 1.51. The van der Waals surface area contributed by atoms with Gasteiger partial charge in [0.2, 0.25) is 0 Å². The second kappa shape index (κ2) is 8.93. The maximum atomic E-state index is 12.6. The Kier molecular flexibility index (Phi) is 6.08. The number of hydrogen-bond acceptors (Lipinski definition) is 7. The highest BCUT2D eigenvalue weighted by Crippen LogP contribution is 2.32. The maximum Gasteiger partial charge on any atom is 0.411 e. The van der Waals surface area contributed by atoms with Crippen molar-refractivity contribution in [3.63, 3.8) is 0 Å². The Bertz CT molecular complexity index is 1190. The molecule has 1 N–H and O–H groups in total. The van der Waals surface area contributed by atoms with E-state index >= 15 is 0 Å². The van der Waals surface area contributed by atoms with Crippen LogP contribution in [0.5, 0.6) is 0 Å². The molecule has 162 valence electrons. The summed E-state index contributed by atoms with van der Waals surface area (Å²) in [6.45, 7) is 4.12. The van der Waals surface area contributed by atoms with Crippen molar-refractivity contribution in [2.45, 2.75) is 39.7 Å². The molecular weight excluding hydrogens is 418 g/mol. The van der Waals surface area contributed by atoms with Gasteiger partial charge in [-0.3, -0.25) is 5.32 Å². The largest absolute Gasteiger partial charge is 0.457 e. The van der Waals surface area contributed by atoms with Crippen molar-refractivity contribution in [1.82, 2.24) is 0 Å². The molecule has 0 aliphatic heterocycles. The van der Waals surface area contributed by atoms with Crippen LogP contribution in [0.3, 0.4) is 0 Å². The molecule has 4 rings (SSSR count). The first kappa shape index (κ1) is 21.1. The summed E-state index contributed by atoms with van der Waals surface area (Å²) in [5.41, 5.74) is 1.93. The van der Waals surface area contributed by atoms with E-state index in [0.29, 0.717) is 27.4 Å². The van der Waals surface area contributed by atoms with Gasteiger partial charge in [-0.15, -0.1) is 11.3 Å². The SMILES string of the molecule is CCOC(=O)Nc1ccc2c(COC(=O)c3cc4c(s3)CC[C@@H](C)C4)cc(=O)oc2c1. The van der Waals surface area contributed by atoms with Crippen LogP contribution in [0, 0.1) is 5.92 Å². The molecule has 1 aliphatic rings. The van der Waals surface area contributed by atoms with Gasteiger partial charge in [0.05, 0.1) is 6.61 Å². The Hall–Kier alpha value is -3.13. The first-order chi connectivity index (χ1) is 14.9. The number of hydrogen-bond donors (Lipinski definition) is 1. The summed E-state index contributed by atoms with van der Waals surface area (Å²) in [6, 6.07) is 8.15. The molecule has 1 atom stereocenters. The summed E-state index contributed by atoms with van der Waals surface area (Å²) >= 11 is 1.49. The zero-order valence-corrected chi connectivity index (χ0v) is 18.2. The minimum atomic E-state index is -0.595. The van der Waals surface area contributed by atoms with E-state index in [1.54, 1.807) is 19.1 Å². The smallest absolute Gasteiger partial charge is 0.411 e. The van der Waals surface area contributed by atoms with Gasteiger partial charge in [0.1, 0.15) is 17.1 Å². The molecule has 7 nitrogen and oxygen atoms in total. The summed E-state index contributed by atoms with van der Waals surface area (Å²) in [5, 5.41) is 3.19. The number of nitrogens with one attached hydrogen (secondary N) is 1. The van der Waals surface area contributed by atoms with Crippen molar-refractivity contribution < 1.29 is 23.5 Å². The van der Waals surface area contributed by atoms with Gasteiger partial charge < -0.3 is 13.9 Å². The van der Waals surface area contributed by atoms with E-state index in [-0.39, 0.29) is 18.8 Å². The summed E-state index contributed by atoms with van der Waals surface area (Å²) in [7, 11) is 0. The van der Waals surface area contributed by atoms with Crippen molar-refractivity contribution in [3.8, 4) is 0 Å². The van der Waals surface area contributed by atoms with Crippen LogP contribution >= 0.6 is 11.3 Å². The summed E-state index contributed by atoms with van der Waals surface area (Å²) in [4.78, 5) is 38.1. The predicted molar refractivity (Wildman–Crippen MR) is 118 cm³/mol. The second-order valence-electron chi connectivity index (χ2n) is 7.63. The maximum absolute atomic E-state index is 12.6. The number of fused-ring (bicyclic) bond motifs is 2. The van der Waals surface area contributed by atoms with Gasteiger partial charge in [-0.05, 0) is 55.9 Å². The van der Waals surface area contributed by atoms with E-state index < -0.39 is 17.7 Å². The standard InChI is InChI=1S/C23H23NO6S/c1-3-28-23(27)24-16-5-6-17-15(10-21(25)30-18(17)11-16)12-29-22(26)20-9-14-8-13(2)4-7-19(14)31-20/h5-6,9-11,13H,3-4,7-8,12H2,1-2H3,(H,24,27)/t13-/m1/s1. The third-order valence-electron chi connectivity index (χ3n) is 5.24. The number of thiophene rings is 1. The average molecular weight is 442 g/mol. The fraction of sp³-hybridized carbons (Fsp3) is 0.348. The van der Waals surface area contributed by atoms with E-state index in [0.717, 1.165) is 19.3 Å². The first-order valence-corrected chi connectivity index (χ1v) is 11.0. The highest BCUT2D eigenvalue weighted by molar-refractivity contribution is 7.14. The van der Waals surface area contributed by atoms with Gasteiger partial charge in [-0.1, -0.05) is 6.92 Å². The first-order valence-electron chi connectivity index (χ1n) is 10.2. The van der Waals surface area contributed by atoms with Gasteiger partial charge in [-0.25, -0.2) is 14.4 Å². The topological polar surface area (TPSA) is 94.8 Å². The number of ether oxygens (including phenoxy) is 2. The van der Waals surface area contributed by atoms with E-state index in [9.17, 15) is 14.4 Å². The molecule has 8 heteroatoms. The highest BCUT2D eigenvalue weighted by Gasteiger charge is 2.21. The fourth-order valence-corrected chi connectivity index (χ4v) is 4.84. The van der Waals surface area contributed by atoms with Crippen molar-refractivity contribution in [3.05, 3.63) is 61.6 Å². The summed E-state index contributed by atoms with van der Waals surface area (Å²) in [6.07, 6.45) is 2.54. The minimum Gasteiger partial charge on any atom is -0.457 e. The van der Waals surface area contributed by atoms with Crippen LogP contribution in [0.15, 0.2) is 39.5 Å². The number of carbonyl (C=O) groups is 2. The van der Waals surface area contributed by atoms with E-state index in [1.165, 1.54) is 33.9 Å². The Labute approximate surface area is 183 Å². The third kappa shape index (κ3) is 4.80. The third-order valence-corrected chi connectivity index (χ3v) is 6.46. The van der Waals surface area contributed by atoms with Crippen LogP contribution in [0.1, 0.15) is 45.9 Å². The van der Waals surface area contributed by atoms with Gasteiger partial charge in [-0.2, -0.15) is 0 Å². The number of anilines is 1. The van der Waals surface area contributed by atoms with E-state index in [1.807, 2.05) is 6.07 Å². The second-order valence-corrected chi connectivity index (χ2v) is 8.77. The number of benzene rings is 1. The average Bonchev–Trinajstić information content (AvgIpc) is 3.15. The van der Waals surface area contributed by atoms with Crippen molar-refractivity contribution in [2.75, 3.05) is 11.9 Å². The van der Waals surface area contributed by atoms with Crippen LogP contribution in [-0.4, -0.2) is 18.7 Å². The molecule has 2 heterocycles. The molecule has 0 bridgehead atoms. The molecule has 0 saturated heterocycles. The normalized spacial score (nSPS) is 15.4. The zero-order chi connectivity index (χ0) is 22.0. The summed E-state index contributed by atoms with van der Waals surface area (Å²) in [5.74, 6) is 0.234. The molecule has 1 aromatic carbocycles. The zero-order valence-electron chi connectivity index (χ0n) is 17.4. The summed E-state index contributed by atoms with van der Waals surface area (Å²) < 4.78 is 15.6. The van der Waals surface area contributed by atoms with E-state index in [4.69, 9.17) is 13.9 Å². The van der Waals surface area contributed by atoms with Crippen LogP contribution in [0.25, 0.3) is 11.0 Å². The van der Waals surface area contributed by atoms with Gasteiger partial charge >= 0.3 is 17.7 Å². The lowest BCUT2D eigenvalue weighted by molar-refractivity contribution is 0.0479. The Morgan fingerprint density at radius 2 is 2.06 bits per heavy atom. The molecule has 0 fully saturated rings. The molecule has 1 aliphatic carbocycles. The number of rotatable bonds is 5. The van der Waals surface area contributed by atoms with Gasteiger partial charge in [0.15, 0.2) is 0 Å². The Morgan fingerprint density at radius 3 is 2.87 bits per heavy atom. The molecule has 2 aromatic heterocycles.